The second-order valence-corrected chi connectivity index (χ2v) is 13.3. The molecule has 2 saturated heterocycles. The highest BCUT2D eigenvalue weighted by Gasteiger charge is 2.55. The van der Waals surface area contributed by atoms with Crippen LogP contribution in [-0.2, 0) is 14.9 Å². The van der Waals surface area contributed by atoms with E-state index in [0.717, 1.165) is 62.8 Å². The van der Waals surface area contributed by atoms with Gasteiger partial charge in [0.1, 0.15) is 0 Å². The quantitative estimate of drug-likeness (QED) is 0.337. The van der Waals surface area contributed by atoms with E-state index in [9.17, 15) is 4.79 Å². The van der Waals surface area contributed by atoms with Crippen molar-refractivity contribution in [1.29, 1.82) is 0 Å². The van der Waals surface area contributed by atoms with Crippen molar-refractivity contribution in [2.75, 3.05) is 44.7 Å². The molecule has 1 aromatic carbocycles. The number of rotatable bonds is 9. The summed E-state index contributed by atoms with van der Waals surface area (Å²) < 4.78 is 5.46. The third-order valence-corrected chi connectivity index (χ3v) is 8.24. The number of allylic oxidation sites excluding steroid dienone is 4. The van der Waals surface area contributed by atoms with Gasteiger partial charge in [0.05, 0.1) is 19.3 Å². The number of morpholine rings is 1. The third kappa shape index (κ3) is 7.97. The van der Waals surface area contributed by atoms with E-state index in [1.807, 2.05) is 12.1 Å². The van der Waals surface area contributed by atoms with E-state index in [2.05, 4.69) is 100 Å². The fourth-order valence-electron chi connectivity index (χ4n) is 5.96. The number of hydrogen-bond donors (Lipinski definition) is 3. The molecule has 4 rings (SSSR count). The van der Waals surface area contributed by atoms with Crippen LogP contribution in [0.25, 0.3) is 0 Å². The van der Waals surface area contributed by atoms with E-state index >= 15 is 0 Å². The molecular formula is C32H49ClN4O2. The number of nitrogens with zero attached hydrogens (tertiary/aromatic N) is 1. The van der Waals surface area contributed by atoms with E-state index in [1.165, 1.54) is 5.57 Å². The van der Waals surface area contributed by atoms with E-state index in [0.29, 0.717) is 10.4 Å². The van der Waals surface area contributed by atoms with Crippen molar-refractivity contribution in [2.24, 2.45) is 17.3 Å². The van der Waals surface area contributed by atoms with Crippen LogP contribution in [0.1, 0.15) is 54.0 Å². The zero-order chi connectivity index (χ0) is 28.8. The summed E-state index contributed by atoms with van der Waals surface area (Å²) >= 11 is 6.30. The number of carbonyl (C=O) groups is 1. The van der Waals surface area contributed by atoms with Gasteiger partial charge in [0.15, 0.2) is 0 Å². The lowest BCUT2D eigenvalue weighted by Gasteiger charge is -2.41. The topological polar surface area (TPSA) is 65.6 Å². The Labute approximate surface area is 241 Å². The van der Waals surface area contributed by atoms with Gasteiger partial charge in [-0.25, -0.2) is 0 Å². The highest BCUT2D eigenvalue weighted by atomic mass is 35.5. The Morgan fingerprint density at radius 2 is 1.95 bits per heavy atom. The molecule has 0 spiro atoms. The maximum absolute atomic E-state index is 11.4. The van der Waals surface area contributed by atoms with Gasteiger partial charge in [-0.2, -0.15) is 0 Å². The van der Waals surface area contributed by atoms with Crippen LogP contribution in [0.15, 0.2) is 54.3 Å². The van der Waals surface area contributed by atoms with Gasteiger partial charge in [0.2, 0.25) is 6.41 Å². The summed E-state index contributed by atoms with van der Waals surface area (Å²) in [6.07, 6.45) is 7.38. The molecule has 3 aliphatic rings. The number of halogens is 1. The number of benzene rings is 1. The number of carbonyl (C=O) groups excluding carboxylic acids is 1. The summed E-state index contributed by atoms with van der Waals surface area (Å²) in [6.45, 7) is 25.4. The van der Waals surface area contributed by atoms with E-state index < -0.39 is 0 Å². The van der Waals surface area contributed by atoms with Crippen LogP contribution in [0.3, 0.4) is 0 Å². The zero-order valence-corrected chi connectivity index (χ0v) is 25.7. The van der Waals surface area contributed by atoms with Gasteiger partial charge in [-0.05, 0) is 37.0 Å². The molecule has 0 saturated carbocycles. The number of nitrogens with one attached hydrogen (secondary N) is 3. The van der Waals surface area contributed by atoms with Crippen LogP contribution >= 0.6 is 11.6 Å². The van der Waals surface area contributed by atoms with Gasteiger partial charge in [-0.15, -0.1) is 0 Å². The number of anilines is 1. The maximum atomic E-state index is 11.4. The van der Waals surface area contributed by atoms with Crippen LogP contribution < -0.4 is 16.0 Å². The van der Waals surface area contributed by atoms with Crippen molar-refractivity contribution in [2.45, 2.75) is 66.0 Å². The predicted octanol–water partition coefficient (Wildman–Crippen LogP) is 5.76. The number of hydrogen-bond acceptors (Lipinski definition) is 5. The summed E-state index contributed by atoms with van der Waals surface area (Å²) in [6, 6.07) is 6.04. The van der Waals surface area contributed by atoms with Crippen LogP contribution in [0.4, 0.5) is 5.69 Å². The van der Waals surface area contributed by atoms with Crippen molar-refractivity contribution >= 4 is 23.7 Å². The maximum Gasteiger partial charge on any atom is 0.211 e. The predicted molar refractivity (Wildman–Crippen MR) is 164 cm³/mol. The lowest BCUT2D eigenvalue weighted by atomic mass is 9.62. The first-order valence-electron chi connectivity index (χ1n) is 14.2. The van der Waals surface area contributed by atoms with Crippen molar-refractivity contribution in [3.05, 3.63) is 64.9 Å². The molecule has 0 radical (unpaired) electrons. The summed E-state index contributed by atoms with van der Waals surface area (Å²) in [7, 11) is 0. The van der Waals surface area contributed by atoms with Crippen molar-refractivity contribution < 1.29 is 9.53 Å². The fraction of sp³-hybridized carbons (Fsp3) is 0.594. The minimum absolute atomic E-state index is 0.0700. The highest BCUT2D eigenvalue weighted by molar-refractivity contribution is 6.31. The fourth-order valence-corrected chi connectivity index (χ4v) is 6.13. The summed E-state index contributed by atoms with van der Waals surface area (Å²) in [5, 5.41) is 11.0. The summed E-state index contributed by atoms with van der Waals surface area (Å²) in [5.41, 5.74) is 4.44. The van der Waals surface area contributed by atoms with Crippen molar-refractivity contribution in [1.82, 2.24) is 15.5 Å². The molecule has 216 valence electrons. The molecular weight excluding hydrogens is 508 g/mol. The minimum Gasteiger partial charge on any atom is -0.386 e. The molecule has 0 bridgehead atoms. The minimum atomic E-state index is -0.274. The lowest BCUT2D eigenvalue weighted by Crippen LogP contribution is -2.44. The van der Waals surface area contributed by atoms with Gasteiger partial charge in [-0.1, -0.05) is 82.7 Å². The molecule has 5 atom stereocenters. The molecule has 2 heterocycles. The van der Waals surface area contributed by atoms with Crippen molar-refractivity contribution in [3.8, 4) is 0 Å². The van der Waals surface area contributed by atoms with Crippen LogP contribution in [0.2, 0.25) is 5.02 Å². The molecule has 1 aliphatic carbocycles. The molecule has 3 N–H and O–H groups in total. The monoisotopic (exact) mass is 556 g/mol. The van der Waals surface area contributed by atoms with Gasteiger partial charge in [0, 0.05) is 65.9 Å². The van der Waals surface area contributed by atoms with Gasteiger partial charge < -0.3 is 20.7 Å². The molecule has 1 amide bonds. The second kappa shape index (κ2) is 13.5. The molecule has 7 heteroatoms. The average molecular weight is 557 g/mol. The molecule has 1 aromatic rings. The third-order valence-electron chi connectivity index (χ3n) is 8.01. The Kier molecular flexibility index (Phi) is 10.9. The average Bonchev–Trinajstić information content (AvgIpc) is 3.39. The normalized spacial score (nSPS) is 28.9. The summed E-state index contributed by atoms with van der Waals surface area (Å²) in [5.74, 6) is 0.472. The Morgan fingerprint density at radius 1 is 1.28 bits per heavy atom. The SMILES string of the molecule is C=C(NCCN1CCOCC1)[C@@H]1N[C@H](C)[C@@](C)(c2ccc(Cl)cc2NC=O)C1C1C=CC=C1C.CC(C)(C)C. The Hall–Kier alpha value is -2.12. The van der Waals surface area contributed by atoms with Crippen LogP contribution in [-0.4, -0.2) is 62.8 Å². The standard InChI is InChI=1S/C27H37ClN4O2.C5H12/c1-18-6-5-7-22(18)25-26(19(2)29-10-11-32-12-14-34-15-13-32)31-20(3)27(25,4)23-9-8-21(28)16-24(23)30-17-33;1-5(2,3)4/h5-9,16-17,20,22,25-26,29,31H,2,10-15H2,1,3-4H3,(H,30,33);1-4H3/t20-,22?,25?,26+,27+;/m1./s1. The highest BCUT2D eigenvalue weighted by Crippen LogP contribution is 2.52. The molecule has 6 nitrogen and oxygen atoms in total. The molecule has 0 aromatic heterocycles. The van der Waals surface area contributed by atoms with E-state index in [1.54, 1.807) is 0 Å². The van der Waals surface area contributed by atoms with Crippen LogP contribution in [0.5, 0.6) is 0 Å². The van der Waals surface area contributed by atoms with Crippen molar-refractivity contribution in [3.63, 3.8) is 0 Å². The molecule has 2 fully saturated rings. The Balaban J connectivity index is 0.000000771. The van der Waals surface area contributed by atoms with E-state index in [-0.39, 0.29) is 29.3 Å². The first-order valence-corrected chi connectivity index (χ1v) is 14.6. The molecule has 2 aliphatic heterocycles. The molecule has 39 heavy (non-hydrogen) atoms. The Bertz CT molecular complexity index is 1050. The zero-order valence-electron chi connectivity index (χ0n) is 24.9. The molecule has 2 unspecified atom stereocenters. The van der Waals surface area contributed by atoms with E-state index in [4.69, 9.17) is 16.3 Å². The number of amides is 1. The first kappa shape index (κ1) is 31.4. The van der Waals surface area contributed by atoms with Gasteiger partial charge >= 0.3 is 0 Å². The van der Waals surface area contributed by atoms with Gasteiger partial charge in [0.25, 0.3) is 0 Å². The number of ether oxygens (including phenoxy) is 1. The largest absolute Gasteiger partial charge is 0.386 e. The lowest BCUT2D eigenvalue weighted by molar-refractivity contribution is -0.105. The Morgan fingerprint density at radius 3 is 2.54 bits per heavy atom. The smallest absolute Gasteiger partial charge is 0.211 e. The van der Waals surface area contributed by atoms with Crippen LogP contribution in [0, 0.1) is 17.3 Å². The second-order valence-electron chi connectivity index (χ2n) is 12.9. The first-order chi connectivity index (χ1) is 18.4. The van der Waals surface area contributed by atoms with Gasteiger partial charge in [-0.3, -0.25) is 9.69 Å². The summed E-state index contributed by atoms with van der Waals surface area (Å²) in [4.78, 5) is 13.8.